The molecule has 1 fully saturated rings. The van der Waals surface area contributed by atoms with Gasteiger partial charge in [0.15, 0.2) is 0 Å². The average Bonchev–Trinajstić information content (AvgIpc) is 3.57. The first-order chi connectivity index (χ1) is 14.9. The zero-order valence-electron chi connectivity index (χ0n) is 18.0. The number of unbranched alkanes of at least 4 members (excludes halogenated alkanes) is 1. The number of rotatable bonds is 12. The van der Waals surface area contributed by atoms with Gasteiger partial charge in [-0.1, -0.05) is 25.5 Å². The molecule has 0 atom stereocenters. The molecule has 1 aliphatic carbocycles. The van der Waals surface area contributed by atoms with E-state index in [1.807, 2.05) is 0 Å². The molecule has 1 saturated carbocycles. The number of carbonyl (C=O) groups is 1. The minimum Gasteiger partial charge on any atom is -0.497 e. The van der Waals surface area contributed by atoms with Crippen molar-refractivity contribution in [3.8, 4) is 11.5 Å². The Balaban J connectivity index is 1.57. The van der Waals surface area contributed by atoms with Crippen molar-refractivity contribution in [2.24, 2.45) is 0 Å². The molecule has 0 heterocycles. The topological polar surface area (TPSA) is 93.7 Å². The maximum atomic E-state index is 12.5. The molecule has 1 aliphatic rings. The standard InChI is InChI=1S/C23H30N2O5S/c1-3-4-15-30-22-13-10-19(29-2)16-21(22)24-23(26)14-7-17-5-11-20(12-6-17)31(27,28)25-18-8-9-18/h5-6,10-13,16,18,25H,3-4,7-9,14-15H2,1-2H3,(H,24,26). The van der Waals surface area contributed by atoms with Gasteiger partial charge in [-0.2, -0.15) is 0 Å². The van der Waals surface area contributed by atoms with E-state index in [1.54, 1.807) is 49.6 Å². The molecule has 0 spiro atoms. The van der Waals surface area contributed by atoms with E-state index in [2.05, 4.69) is 17.0 Å². The van der Waals surface area contributed by atoms with Crippen LogP contribution in [0.5, 0.6) is 11.5 Å². The lowest BCUT2D eigenvalue weighted by atomic mass is 10.1. The molecule has 0 aromatic heterocycles. The smallest absolute Gasteiger partial charge is 0.240 e. The molecule has 7 nitrogen and oxygen atoms in total. The lowest BCUT2D eigenvalue weighted by molar-refractivity contribution is -0.116. The Kier molecular flexibility index (Phi) is 7.92. The summed E-state index contributed by atoms with van der Waals surface area (Å²) in [4.78, 5) is 12.8. The SMILES string of the molecule is CCCCOc1ccc(OC)cc1NC(=O)CCc1ccc(S(=O)(=O)NC2CC2)cc1. The van der Waals surface area contributed by atoms with Crippen molar-refractivity contribution in [3.05, 3.63) is 48.0 Å². The van der Waals surface area contributed by atoms with E-state index in [1.165, 1.54) is 0 Å². The van der Waals surface area contributed by atoms with Crippen LogP contribution in [0.15, 0.2) is 47.4 Å². The molecule has 31 heavy (non-hydrogen) atoms. The van der Waals surface area contributed by atoms with E-state index >= 15 is 0 Å². The van der Waals surface area contributed by atoms with Gasteiger partial charge < -0.3 is 14.8 Å². The summed E-state index contributed by atoms with van der Waals surface area (Å²) in [6, 6.07) is 12.1. The van der Waals surface area contributed by atoms with Gasteiger partial charge in [0.05, 0.1) is 24.3 Å². The normalized spacial score (nSPS) is 13.6. The van der Waals surface area contributed by atoms with Crippen LogP contribution in [0.4, 0.5) is 5.69 Å². The third-order valence-electron chi connectivity index (χ3n) is 4.99. The van der Waals surface area contributed by atoms with Crippen LogP contribution in [0.25, 0.3) is 0 Å². The van der Waals surface area contributed by atoms with Crippen molar-refractivity contribution in [2.45, 2.75) is 56.4 Å². The van der Waals surface area contributed by atoms with E-state index in [-0.39, 0.29) is 23.3 Å². The summed E-state index contributed by atoms with van der Waals surface area (Å²) in [5.74, 6) is 1.09. The Labute approximate surface area is 184 Å². The monoisotopic (exact) mass is 446 g/mol. The summed E-state index contributed by atoms with van der Waals surface area (Å²) in [5.41, 5.74) is 1.47. The summed E-state index contributed by atoms with van der Waals surface area (Å²) < 4.78 is 38.2. The Morgan fingerprint density at radius 2 is 1.87 bits per heavy atom. The van der Waals surface area contributed by atoms with Gasteiger partial charge in [-0.05, 0) is 55.5 Å². The highest BCUT2D eigenvalue weighted by molar-refractivity contribution is 7.89. The highest BCUT2D eigenvalue weighted by Crippen LogP contribution is 2.30. The number of methoxy groups -OCH3 is 1. The predicted molar refractivity (Wildman–Crippen MR) is 120 cm³/mol. The van der Waals surface area contributed by atoms with Crippen molar-refractivity contribution in [2.75, 3.05) is 19.0 Å². The number of hydrogen-bond acceptors (Lipinski definition) is 5. The van der Waals surface area contributed by atoms with E-state index in [9.17, 15) is 13.2 Å². The van der Waals surface area contributed by atoms with Crippen LogP contribution in [0.1, 0.15) is 44.6 Å². The van der Waals surface area contributed by atoms with Gasteiger partial charge in [0.2, 0.25) is 15.9 Å². The summed E-state index contributed by atoms with van der Waals surface area (Å²) in [5, 5.41) is 2.90. The second-order valence-electron chi connectivity index (χ2n) is 7.65. The number of ether oxygens (including phenoxy) is 2. The minimum atomic E-state index is -3.46. The van der Waals surface area contributed by atoms with E-state index in [0.717, 1.165) is 31.2 Å². The van der Waals surface area contributed by atoms with Crippen LogP contribution in [0, 0.1) is 0 Å². The second kappa shape index (κ2) is 10.6. The maximum Gasteiger partial charge on any atom is 0.240 e. The Morgan fingerprint density at radius 3 is 2.52 bits per heavy atom. The first kappa shape index (κ1) is 23.1. The number of anilines is 1. The largest absolute Gasteiger partial charge is 0.497 e. The third kappa shape index (κ3) is 6.97. The van der Waals surface area contributed by atoms with Crippen LogP contribution in [-0.2, 0) is 21.2 Å². The molecule has 1 amide bonds. The van der Waals surface area contributed by atoms with Gasteiger partial charge in [0, 0.05) is 18.5 Å². The molecule has 0 radical (unpaired) electrons. The lowest BCUT2D eigenvalue weighted by Crippen LogP contribution is -2.25. The lowest BCUT2D eigenvalue weighted by Gasteiger charge is -2.14. The number of carbonyl (C=O) groups excluding carboxylic acids is 1. The number of aryl methyl sites for hydroxylation is 1. The Bertz CT molecular complexity index is 986. The fraction of sp³-hybridized carbons (Fsp3) is 0.435. The number of sulfonamides is 1. The fourth-order valence-electron chi connectivity index (χ4n) is 2.98. The number of hydrogen-bond donors (Lipinski definition) is 2. The highest BCUT2D eigenvalue weighted by Gasteiger charge is 2.27. The van der Waals surface area contributed by atoms with Crippen molar-refractivity contribution in [1.82, 2.24) is 4.72 Å². The average molecular weight is 447 g/mol. The van der Waals surface area contributed by atoms with Crippen molar-refractivity contribution >= 4 is 21.6 Å². The van der Waals surface area contributed by atoms with Crippen LogP contribution >= 0.6 is 0 Å². The summed E-state index contributed by atoms with van der Waals surface area (Å²) in [6.45, 7) is 2.67. The molecule has 3 rings (SSSR count). The minimum absolute atomic E-state index is 0.0702. The molecule has 8 heteroatoms. The molecule has 2 N–H and O–H groups in total. The first-order valence-corrected chi connectivity index (χ1v) is 12.1. The van der Waals surface area contributed by atoms with Gasteiger partial charge in [-0.15, -0.1) is 0 Å². The Hall–Kier alpha value is -2.58. The maximum absolute atomic E-state index is 12.5. The molecule has 2 aromatic rings. The molecule has 0 aliphatic heterocycles. The Morgan fingerprint density at radius 1 is 1.13 bits per heavy atom. The predicted octanol–water partition coefficient (Wildman–Crippen LogP) is 3.89. The molecule has 2 aromatic carbocycles. The van der Waals surface area contributed by atoms with E-state index in [0.29, 0.717) is 30.2 Å². The van der Waals surface area contributed by atoms with Crippen LogP contribution in [0.2, 0.25) is 0 Å². The van der Waals surface area contributed by atoms with Gasteiger partial charge >= 0.3 is 0 Å². The highest BCUT2D eigenvalue weighted by atomic mass is 32.2. The van der Waals surface area contributed by atoms with Crippen LogP contribution in [0.3, 0.4) is 0 Å². The number of amides is 1. The first-order valence-electron chi connectivity index (χ1n) is 10.6. The molecule has 168 valence electrons. The zero-order chi connectivity index (χ0) is 22.3. The molecular weight excluding hydrogens is 416 g/mol. The van der Waals surface area contributed by atoms with Gasteiger partial charge in [0.25, 0.3) is 0 Å². The number of benzene rings is 2. The summed E-state index contributed by atoms with van der Waals surface area (Å²) in [6.07, 6.45) is 4.50. The molecule has 0 saturated heterocycles. The van der Waals surface area contributed by atoms with Gasteiger partial charge in [-0.25, -0.2) is 13.1 Å². The van der Waals surface area contributed by atoms with Crippen LogP contribution in [-0.4, -0.2) is 34.1 Å². The molecule has 0 unspecified atom stereocenters. The van der Waals surface area contributed by atoms with Gasteiger partial charge in [-0.3, -0.25) is 4.79 Å². The number of nitrogens with one attached hydrogen (secondary N) is 2. The molecular formula is C23H30N2O5S. The van der Waals surface area contributed by atoms with Crippen molar-refractivity contribution < 1.29 is 22.7 Å². The summed E-state index contributed by atoms with van der Waals surface area (Å²) >= 11 is 0. The van der Waals surface area contributed by atoms with Gasteiger partial charge in [0.1, 0.15) is 11.5 Å². The van der Waals surface area contributed by atoms with E-state index < -0.39 is 10.0 Å². The van der Waals surface area contributed by atoms with Crippen LogP contribution < -0.4 is 19.5 Å². The molecule has 0 bridgehead atoms. The fourth-order valence-corrected chi connectivity index (χ4v) is 4.29. The zero-order valence-corrected chi connectivity index (χ0v) is 18.8. The third-order valence-corrected chi connectivity index (χ3v) is 6.53. The second-order valence-corrected chi connectivity index (χ2v) is 9.37. The quantitative estimate of drug-likeness (QED) is 0.483. The van der Waals surface area contributed by atoms with Crippen molar-refractivity contribution in [3.63, 3.8) is 0 Å². The van der Waals surface area contributed by atoms with Crippen molar-refractivity contribution in [1.29, 1.82) is 0 Å². The van der Waals surface area contributed by atoms with E-state index in [4.69, 9.17) is 9.47 Å². The summed E-state index contributed by atoms with van der Waals surface area (Å²) in [7, 11) is -1.89.